The molecule has 1 saturated heterocycles. The van der Waals surface area contributed by atoms with Gasteiger partial charge in [0.25, 0.3) is 0 Å². The molecular weight excluding hydrogens is 490 g/mol. The monoisotopic (exact) mass is 533 g/mol. The van der Waals surface area contributed by atoms with Crippen molar-refractivity contribution >= 4 is 17.4 Å². The molecule has 6 unspecified atom stereocenters. The highest BCUT2D eigenvalue weighted by Crippen LogP contribution is 2.66. The normalized spacial score (nSPS) is 36.1. The molecule has 0 aromatic carbocycles. The lowest BCUT2D eigenvalue weighted by Gasteiger charge is -2.57. The van der Waals surface area contributed by atoms with Crippen LogP contribution >= 0.6 is 0 Å². The third-order valence-electron chi connectivity index (χ3n) is 10.8. The number of morpholine rings is 1. The highest BCUT2D eigenvalue weighted by Gasteiger charge is 2.57. The summed E-state index contributed by atoms with van der Waals surface area (Å²) in [4.78, 5) is 31.3. The van der Waals surface area contributed by atoms with Crippen LogP contribution in [0.5, 0.6) is 0 Å². The smallest absolute Gasteiger partial charge is 0.325 e. The van der Waals surface area contributed by atoms with Crippen molar-refractivity contribution in [1.29, 1.82) is 0 Å². The summed E-state index contributed by atoms with van der Waals surface area (Å²) >= 11 is 0. The highest BCUT2D eigenvalue weighted by molar-refractivity contribution is 5.83. The van der Waals surface area contributed by atoms with Crippen LogP contribution in [-0.2, 0) is 19.1 Å². The second-order valence-electron chi connectivity index (χ2n) is 12.8. The maximum absolute atomic E-state index is 12.6. The minimum absolute atomic E-state index is 0.0623. The number of amides is 1. The van der Waals surface area contributed by atoms with E-state index in [1.54, 1.807) is 0 Å². The van der Waals surface area contributed by atoms with Crippen LogP contribution in [0.4, 0.5) is 0 Å². The number of esters is 1. The van der Waals surface area contributed by atoms with Crippen LogP contribution in [-0.4, -0.2) is 67.3 Å². The van der Waals surface area contributed by atoms with Gasteiger partial charge in [0.2, 0.25) is 5.91 Å². The van der Waals surface area contributed by atoms with Crippen molar-refractivity contribution < 1.29 is 19.1 Å². The van der Waals surface area contributed by atoms with Crippen molar-refractivity contribution in [3.05, 3.63) is 47.8 Å². The van der Waals surface area contributed by atoms with E-state index >= 15 is 0 Å². The SMILES string of the molecule is CC12CCC(OC(=O)CNC(=O)CN3CCOCC3)CC1=CCC1C2CCC2(C)C(c3cccnc3)=CCC12. The third-order valence-corrected chi connectivity index (χ3v) is 10.8. The van der Waals surface area contributed by atoms with E-state index in [2.05, 4.69) is 48.4 Å². The van der Waals surface area contributed by atoms with Crippen LogP contribution in [0.1, 0.15) is 64.4 Å². The minimum Gasteiger partial charge on any atom is -0.461 e. The molecule has 3 fully saturated rings. The van der Waals surface area contributed by atoms with E-state index in [1.165, 1.54) is 36.0 Å². The molecule has 2 saturated carbocycles. The summed E-state index contributed by atoms with van der Waals surface area (Å²) in [5.74, 6) is 1.60. The topological polar surface area (TPSA) is 80.8 Å². The van der Waals surface area contributed by atoms with E-state index < -0.39 is 0 Å². The Balaban J connectivity index is 1.05. The number of rotatable bonds is 6. The van der Waals surface area contributed by atoms with Gasteiger partial charge in [0.15, 0.2) is 0 Å². The van der Waals surface area contributed by atoms with Gasteiger partial charge in [-0.15, -0.1) is 0 Å². The van der Waals surface area contributed by atoms with Crippen molar-refractivity contribution in [2.45, 2.75) is 64.9 Å². The van der Waals surface area contributed by atoms with E-state index in [9.17, 15) is 9.59 Å². The second-order valence-corrected chi connectivity index (χ2v) is 12.8. The quantitative estimate of drug-likeness (QED) is 0.431. The Morgan fingerprint density at radius 2 is 1.92 bits per heavy atom. The van der Waals surface area contributed by atoms with Crippen molar-refractivity contribution in [2.75, 3.05) is 39.4 Å². The second kappa shape index (κ2) is 10.8. The molecule has 4 aliphatic carbocycles. The Kier molecular flexibility index (Phi) is 7.40. The fourth-order valence-corrected chi connectivity index (χ4v) is 8.68. The molecule has 7 heteroatoms. The molecule has 2 heterocycles. The molecule has 1 N–H and O–H groups in total. The molecule has 1 amide bonds. The van der Waals surface area contributed by atoms with Gasteiger partial charge in [0.1, 0.15) is 12.6 Å². The number of carbonyl (C=O) groups is 2. The molecule has 6 rings (SSSR count). The number of pyridine rings is 1. The Bertz CT molecular complexity index is 1140. The first-order valence-corrected chi connectivity index (χ1v) is 14.9. The molecule has 6 atom stereocenters. The summed E-state index contributed by atoms with van der Waals surface area (Å²) in [5, 5.41) is 2.74. The summed E-state index contributed by atoms with van der Waals surface area (Å²) in [6.45, 7) is 8.01. The zero-order valence-corrected chi connectivity index (χ0v) is 23.5. The zero-order chi connectivity index (χ0) is 27.0. The molecule has 1 aliphatic heterocycles. The molecule has 210 valence electrons. The van der Waals surface area contributed by atoms with Gasteiger partial charge in [-0.3, -0.25) is 19.5 Å². The summed E-state index contributed by atoms with van der Waals surface area (Å²) in [5.41, 5.74) is 4.71. The Morgan fingerprint density at radius 3 is 2.72 bits per heavy atom. The fraction of sp³-hybridized carbons (Fsp3) is 0.656. The number of fused-ring (bicyclic) bond motifs is 5. The summed E-state index contributed by atoms with van der Waals surface area (Å²) in [7, 11) is 0. The summed E-state index contributed by atoms with van der Waals surface area (Å²) < 4.78 is 11.2. The van der Waals surface area contributed by atoms with Crippen molar-refractivity contribution in [1.82, 2.24) is 15.2 Å². The average molecular weight is 534 g/mol. The van der Waals surface area contributed by atoms with Gasteiger partial charge < -0.3 is 14.8 Å². The van der Waals surface area contributed by atoms with Crippen molar-refractivity contribution in [3.63, 3.8) is 0 Å². The number of nitrogens with one attached hydrogen (secondary N) is 1. The van der Waals surface area contributed by atoms with E-state index in [1.807, 2.05) is 17.3 Å². The first-order valence-electron chi connectivity index (χ1n) is 14.9. The number of allylic oxidation sites excluding steroid dienone is 3. The molecule has 39 heavy (non-hydrogen) atoms. The number of hydrogen-bond donors (Lipinski definition) is 1. The van der Waals surface area contributed by atoms with Gasteiger partial charge in [0.05, 0.1) is 19.8 Å². The Morgan fingerprint density at radius 1 is 1.10 bits per heavy atom. The van der Waals surface area contributed by atoms with Gasteiger partial charge in [-0.2, -0.15) is 0 Å². The molecule has 1 aromatic rings. The van der Waals surface area contributed by atoms with Gasteiger partial charge >= 0.3 is 5.97 Å². The fourth-order valence-electron chi connectivity index (χ4n) is 8.68. The summed E-state index contributed by atoms with van der Waals surface area (Å²) in [6, 6.07) is 4.27. The van der Waals surface area contributed by atoms with Crippen LogP contribution in [0.3, 0.4) is 0 Å². The first-order chi connectivity index (χ1) is 18.9. The van der Waals surface area contributed by atoms with Crippen LogP contribution in [0.25, 0.3) is 5.57 Å². The minimum atomic E-state index is -0.332. The van der Waals surface area contributed by atoms with E-state index in [4.69, 9.17) is 9.47 Å². The molecule has 0 bridgehead atoms. The van der Waals surface area contributed by atoms with Gasteiger partial charge in [-0.25, -0.2) is 0 Å². The van der Waals surface area contributed by atoms with Crippen LogP contribution in [0.2, 0.25) is 0 Å². The molecule has 7 nitrogen and oxygen atoms in total. The Labute approximate surface area is 232 Å². The molecular formula is C32H43N3O4. The molecule has 5 aliphatic rings. The lowest BCUT2D eigenvalue weighted by molar-refractivity contribution is -0.151. The molecule has 0 spiro atoms. The van der Waals surface area contributed by atoms with Crippen LogP contribution in [0, 0.1) is 28.6 Å². The lowest BCUT2D eigenvalue weighted by atomic mass is 9.47. The van der Waals surface area contributed by atoms with Crippen molar-refractivity contribution in [2.24, 2.45) is 28.6 Å². The predicted molar refractivity (Wildman–Crippen MR) is 149 cm³/mol. The third kappa shape index (κ3) is 5.08. The van der Waals surface area contributed by atoms with Crippen molar-refractivity contribution in [3.8, 4) is 0 Å². The maximum atomic E-state index is 12.6. The number of ether oxygens (including phenoxy) is 2. The first kappa shape index (κ1) is 26.7. The van der Waals surface area contributed by atoms with Gasteiger partial charge in [0, 0.05) is 31.9 Å². The van der Waals surface area contributed by atoms with Crippen LogP contribution in [0.15, 0.2) is 42.3 Å². The van der Waals surface area contributed by atoms with Crippen LogP contribution < -0.4 is 5.32 Å². The Hall–Kier alpha value is -2.51. The number of aromatic nitrogens is 1. The molecule has 0 radical (unpaired) electrons. The largest absolute Gasteiger partial charge is 0.461 e. The predicted octanol–water partition coefficient (Wildman–Crippen LogP) is 4.40. The lowest BCUT2D eigenvalue weighted by Crippen LogP contribution is -2.50. The summed E-state index contributed by atoms with van der Waals surface area (Å²) in [6.07, 6.45) is 16.4. The number of hydrogen-bond acceptors (Lipinski definition) is 6. The number of carbonyl (C=O) groups excluding carboxylic acids is 2. The van der Waals surface area contributed by atoms with E-state index in [-0.39, 0.29) is 35.4 Å². The number of nitrogens with zero attached hydrogens (tertiary/aromatic N) is 2. The van der Waals surface area contributed by atoms with Gasteiger partial charge in [-0.05, 0) is 84.3 Å². The standard InChI is InChI=1S/C32H43N3O4/c1-31-11-9-24(39-30(37)20-34-29(36)21-35-14-16-38-17-15-35)18-23(31)5-6-25-27-8-7-26(22-4-3-13-33-19-22)32(27,2)12-10-28(25)31/h3-5,7,13,19,24-25,27-28H,6,8-12,14-18,20-21H2,1-2H3,(H,34,36). The highest BCUT2D eigenvalue weighted by atomic mass is 16.5. The van der Waals surface area contributed by atoms with E-state index in [0.717, 1.165) is 38.8 Å². The van der Waals surface area contributed by atoms with Gasteiger partial charge in [-0.1, -0.05) is 37.6 Å². The molecule has 1 aromatic heterocycles. The average Bonchev–Trinajstić information content (AvgIpc) is 3.30. The maximum Gasteiger partial charge on any atom is 0.325 e. The van der Waals surface area contributed by atoms with E-state index in [0.29, 0.717) is 37.5 Å². The zero-order valence-electron chi connectivity index (χ0n) is 23.5.